The van der Waals surface area contributed by atoms with E-state index in [-0.39, 0.29) is 0 Å². The van der Waals surface area contributed by atoms with Crippen LogP contribution < -0.4 is 0 Å². The number of benzene rings is 6. The summed E-state index contributed by atoms with van der Waals surface area (Å²) in [7, 11) is 0. The number of hydrogen-bond donors (Lipinski definition) is 0. The van der Waals surface area contributed by atoms with Crippen molar-refractivity contribution in [1.29, 1.82) is 0 Å². The van der Waals surface area contributed by atoms with Gasteiger partial charge in [0.1, 0.15) is 0 Å². The van der Waals surface area contributed by atoms with Crippen LogP contribution in [0.4, 0.5) is 0 Å². The molecule has 0 bridgehead atoms. The first-order valence-corrected chi connectivity index (χ1v) is 20.2. The summed E-state index contributed by atoms with van der Waals surface area (Å²) >= 11 is 0. The molecule has 59 heavy (non-hydrogen) atoms. The molecule has 0 unspecified atom stereocenters. The molecular weight excluding hydrogens is 719 g/mol. The third-order valence-electron chi connectivity index (χ3n) is 11.5. The highest BCUT2D eigenvalue weighted by molar-refractivity contribution is 6.00. The Bertz CT molecular complexity index is 3130. The molecule has 9 aromatic rings. The molecule has 0 fully saturated rings. The number of hydrogen-bond acceptors (Lipinski definition) is 5. The first-order chi connectivity index (χ1) is 29.2. The Hall–Kier alpha value is -7.63. The Balaban J connectivity index is 0.949. The van der Waals surface area contributed by atoms with E-state index < -0.39 is 0 Å². The molecule has 3 aromatic heterocycles. The highest BCUT2D eigenvalue weighted by Crippen LogP contribution is 2.44. The fourth-order valence-corrected chi connectivity index (χ4v) is 8.58. The van der Waals surface area contributed by atoms with Gasteiger partial charge in [-0.2, -0.15) is 0 Å². The quantitative estimate of drug-likeness (QED) is 0.162. The molecule has 0 saturated heterocycles. The number of pyridine rings is 2. The highest BCUT2D eigenvalue weighted by Gasteiger charge is 2.26. The van der Waals surface area contributed by atoms with Crippen LogP contribution in [-0.2, 0) is 6.42 Å². The van der Waals surface area contributed by atoms with Gasteiger partial charge in [-0.05, 0) is 98.8 Å². The predicted octanol–water partition coefficient (Wildman–Crippen LogP) is 13.0. The van der Waals surface area contributed by atoms with Gasteiger partial charge in [0.05, 0.1) is 16.7 Å². The minimum absolute atomic E-state index is 0.658. The second kappa shape index (κ2) is 14.7. The van der Waals surface area contributed by atoms with E-state index in [1.54, 1.807) is 0 Å². The van der Waals surface area contributed by atoms with Crippen molar-refractivity contribution in [3.05, 3.63) is 211 Å². The average Bonchev–Trinajstić information content (AvgIpc) is 3.72. The van der Waals surface area contributed by atoms with Gasteiger partial charge in [-0.1, -0.05) is 152 Å². The summed E-state index contributed by atoms with van der Waals surface area (Å²) in [5, 5.41) is 0. The van der Waals surface area contributed by atoms with E-state index in [9.17, 15) is 0 Å². The van der Waals surface area contributed by atoms with Crippen molar-refractivity contribution in [2.24, 2.45) is 0 Å². The van der Waals surface area contributed by atoms with Crippen LogP contribution >= 0.6 is 0 Å². The Morgan fingerprint density at radius 2 is 0.932 bits per heavy atom. The van der Waals surface area contributed by atoms with Gasteiger partial charge in [0, 0.05) is 34.9 Å². The van der Waals surface area contributed by atoms with Crippen molar-refractivity contribution in [3.8, 4) is 67.4 Å². The van der Waals surface area contributed by atoms with Crippen LogP contribution in [-0.4, -0.2) is 24.9 Å². The Kier molecular flexibility index (Phi) is 8.63. The van der Waals surface area contributed by atoms with Crippen LogP contribution in [0.2, 0.25) is 0 Å². The van der Waals surface area contributed by atoms with Crippen LogP contribution in [0.25, 0.3) is 89.6 Å². The number of nitrogens with zero attached hydrogens (tertiary/aromatic N) is 5. The number of rotatable bonds is 7. The maximum Gasteiger partial charge on any atom is 0.164 e. The minimum atomic E-state index is 0.658. The lowest BCUT2D eigenvalue weighted by Gasteiger charge is -2.16. The zero-order valence-electron chi connectivity index (χ0n) is 32.3. The van der Waals surface area contributed by atoms with E-state index in [1.165, 1.54) is 33.4 Å². The molecule has 0 amide bonds. The molecule has 0 atom stereocenters. The van der Waals surface area contributed by atoms with Crippen molar-refractivity contribution in [2.75, 3.05) is 0 Å². The summed E-state index contributed by atoms with van der Waals surface area (Å²) in [6.45, 7) is 0. The van der Waals surface area contributed by atoms with Crippen LogP contribution in [0.5, 0.6) is 0 Å². The van der Waals surface area contributed by atoms with Crippen LogP contribution in [0.15, 0.2) is 188 Å². The zero-order valence-corrected chi connectivity index (χ0v) is 32.3. The molecule has 2 aliphatic carbocycles. The third kappa shape index (κ3) is 6.53. The number of aromatic nitrogens is 5. The molecule has 0 saturated carbocycles. The van der Waals surface area contributed by atoms with E-state index in [2.05, 4.69) is 158 Å². The van der Waals surface area contributed by atoms with Crippen molar-refractivity contribution in [1.82, 2.24) is 24.9 Å². The SMILES string of the molecule is C1=C(c2ccccc2)CCC(c2nc(-c3ccccc3)nc(-c3cccc(-c4cccc(-c5cccc(-c6nc7cccnc7c7c6Cc6ccccc6-7)c5)c4)c3)n2)=C1. The second-order valence-electron chi connectivity index (χ2n) is 15.2. The summed E-state index contributed by atoms with van der Waals surface area (Å²) < 4.78 is 0. The monoisotopic (exact) mass is 755 g/mol. The maximum atomic E-state index is 5.23. The van der Waals surface area contributed by atoms with Crippen molar-refractivity contribution < 1.29 is 0 Å². The van der Waals surface area contributed by atoms with E-state index in [4.69, 9.17) is 24.9 Å². The van der Waals surface area contributed by atoms with Crippen molar-refractivity contribution >= 4 is 22.2 Å². The van der Waals surface area contributed by atoms with Gasteiger partial charge in [-0.25, -0.2) is 19.9 Å². The zero-order chi connectivity index (χ0) is 39.1. The number of fused-ring (bicyclic) bond motifs is 5. The molecular formula is C54H37N5. The van der Waals surface area contributed by atoms with Crippen molar-refractivity contribution in [3.63, 3.8) is 0 Å². The molecule has 0 spiro atoms. The lowest BCUT2D eigenvalue weighted by Crippen LogP contribution is -2.04. The standard InChI is InChI=1S/C54H37N5/c1-3-13-35(14-4-1)36-26-28-38(29-27-36)53-57-52(37-15-5-2-6-16-37)58-54(59-53)45-23-11-21-42(33-45)40-19-9-18-39(31-40)41-20-10-22-44(32-41)50-47-34-43-17-7-8-24-46(43)49(47)51-48(56-50)25-12-30-55-51/h1-26,28,30-33H,27,29,34H2. The Morgan fingerprint density at radius 1 is 0.390 bits per heavy atom. The van der Waals surface area contributed by atoms with Gasteiger partial charge in [-0.15, -0.1) is 0 Å². The lowest BCUT2D eigenvalue weighted by atomic mass is 9.93. The molecule has 6 aromatic carbocycles. The first kappa shape index (κ1) is 34.6. The molecule has 0 aliphatic heterocycles. The summed E-state index contributed by atoms with van der Waals surface area (Å²) in [4.78, 5) is 25.2. The lowest BCUT2D eigenvalue weighted by molar-refractivity contribution is 0.985. The summed E-state index contributed by atoms with van der Waals surface area (Å²) in [6.07, 6.45) is 8.89. The van der Waals surface area contributed by atoms with E-state index in [1.807, 2.05) is 30.5 Å². The Morgan fingerprint density at radius 3 is 1.64 bits per heavy atom. The first-order valence-electron chi connectivity index (χ1n) is 20.2. The summed E-state index contributed by atoms with van der Waals surface area (Å²) in [5.74, 6) is 2.05. The highest BCUT2D eigenvalue weighted by atomic mass is 15.0. The van der Waals surface area contributed by atoms with E-state index in [0.717, 1.165) is 86.3 Å². The van der Waals surface area contributed by atoms with Gasteiger partial charge >= 0.3 is 0 Å². The second-order valence-corrected chi connectivity index (χ2v) is 15.2. The van der Waals surface area contributed by atoms with Crippen LogP contribution in [0, 0.1) is 0 Å². The van der Waals surface area contributed by atoms with E-state index in [0.29, 0.717) is 11.6 Å². The van der Waals surface area contributed by atoms with Gasteiger partial charge < -0.3 is 0 Å². The van der Waals surface area contributed by atoms with Gasteiger partial charge in [0.2, 0.25) is 0 Å². The number of allylic oxidation sites excluding steroid dienone is 4. The Labute approximate surface area is 343 Å². The maximum absolute atomic E-state index is 5.23. The topological polar surface area (TPSA) is 64.5 Å². The van der Waals surface area contributed by atoms with Crippen molar-refractivity contribution in [2.45, 2.75) is 19.3 Å². The average molecular weight is 756 g/mol. The van der Waals surface area contributed by atoms with E-state index >= 15 is 0 Å². The minimum Gasteiger partial charge on any atom is -0.254 e. The van der Waals surface area contributed by atoms with Crippen LogP contribution in [0.1, 0.15) is 35.4 Å². The van der Waals surface area contributed by atoms with Gasteiger partial charge in [-0.3, -0.25) is 4.98 Å². The fourth-order valence-electron chi connectivity index (χ4n) is 8.58. The molecule has 5 nitrogen and oxygen atoms in total. The third-order valence-corrected chi connectivity index (χ3v) is 11.5. The predicted molar refractivity (Wildman–Crippen MR) is 240 cm³/mol. The fraction of sp³-hybridized carbons (Fsp3) is 0.0556. The molecule has 11 rings (SSSR count). The summed E-state index contributed by atoms with van der Waals surface area (Å²) in [5.41, 5.74) is 19.1. The van der Waals surface area contributed by atoms with Crippen LogP contribution in [0.3, 0.4) is 0 Å². The summed E-state index contributed by atoms with van der Waals surface area (Å²) in [6, 6.07) is 59.6. The smallest absolute Gasteiger partial charge is 0.164 e. The normalized spacial score (nSPS) is 13.1. The molecule has 2 aliphatic rings. The molecule has 0 N–H and O–H groups in total. The largest absolute Gasteiger partial charge is 0.254 e. The molecule has 5 heteroatoms. The molecule has 3 heterocycles. The molecule has 278 valence electrons. The van der Waals surface area contributed by atoms with Gasteiger partial charge in [0.25, 0.3) is 0 Å². The molecule has 0 radical (unpaired) electrons. The van der Waals surface area contributed by atoms with Gasteiger partial charge in [0.15, 0.2) is 17.5 Å².